The monoisotopic (exact) mass is 302 g/mol. The fraction of sp³-hybridized carbons (Fsp3) is 0.167. The van der Waals surface area contributed by atoms with Gasteiger partial charge in [-0.05, 0) is 0 Å². The Balaban J connectivity index is 2.52. The molecule has 98 valence electrons. The maximum atomic E-state index is 10.8. The minimum absolute atomic E-state index is 0.427. The summed E-state index contributed by atoms with van der Waals surface area (Å²) in [6, 6.07) is 3.87. The third-order valence-electron chi connectivity index (χ3n) is 2.94. The number of benzene rings is 1. The van der Waals surface area contributed by atoms with E-state index in [9.17, 15) is 9.41 Å². The Morgan fingerprint density at radius 1 is 0.850 bits per heavy atom. The maximum absolute atomic E-state index is 10.8. The molecule has 0 radical (unpaired) electrons. The fourth-order valence-corrected chi connectivity index (χ4v) is 4.30. The van der Waals surface area contributed by atoms with Crippen LogP contribution in [0.5, 0.6) is 11.5 Å². The van der Waals surface area contributed by atoms with Gasteiger partial charge < -0.3 is 0 Å². The van der Waals surface area contributed by atoms with Gasteiger partial charge in [-0.25, -0.2) is 0 Å². The van der Waals surface area contributed by atoms with Crippen molar-refractivity contribution >= 4 is 57.6 Å². The predicted octanol–water partition coefficient (Wildman–Crippen LogP) is 3.42. The van der Waals surface area contributed by atoms with Crippen molar-refractivity contribution in [2.75, 3.05) is 0 Å². The van der Waals surface area contributed by atoms with Gasteiger partial charge >= 0.3 is 124 Å². The Hall–Kier alpha value is -1.53. The van der Waals surface area contributed by atoms with Crippen LogP contribution in [-0.4, -0.2) is 14.7 Å². The summed E-state index contributed by atoms with van der Waals surface area (Å²) in [5.74, 6) is 1.07. The molecule has 2 heterocycles. The van der Waals surface area contributed by atoms with Crippen molar-refractivity contribution in [3.05, 3.63) is 21.9 Å². The van der Waals surface area contributed by atoms with Crippen molar-refractivity contribution in [2.45, 2.75) is 13.8 Å². The summed E-state index contributed by atoms with van der Waals surface area (Å²) >= 11 is 3.02. The van der Waals surface area contributed by atoms with E-state index in [2.05, 4.69) is 0 Å². The van der Waals surface area contributed by atoms with Crippen LogP contribution in [-0.2, 0) is 9.41 Å². The summed E-state index contributed by atoms with van der Waals surface area (Å²) in [5, 5.41) is 1.59. The molecule has 4 nitrogen and oxygen atoms in total. The van der Waals surface area contributed by atoms with Crippen molar-refractivity contribution in [1.29, 1.82) is 0 Å². The number of rotatable bonds is 4. The van der Waals surface area contributed by atoms with Gasteiger partial charge in [-0.1, -0.05) is 0 Å². The number of fused-ring (bicyclic) bond motifs is 2. The van der Waals surface area contributed by atoms with Crippen LogP contribution in [0.1, 0.15) is 9.75 Å². The average Bonchev–Trinajstić information content (AvgIpc) is 2.96. The zero-order valence-corrected chi connectivity index (χ0v) is 12.4. The van der Waals surface area contributed by atoms with Crippen LogP contribution in [0.15, 0.2) is 12.1 Å². The van der Waals surface area contributed by atoms with Gasteiger partial charge in [0.15, 0.2) is 0 Å². The summed E-state index contributed by atoms with van der Waals surface area (Å²) in [5.41, 5.74) is 0. The van der Waals surface area contributed by atoms with E-state index in [4.69, 9.17) is 9.31 Å². The SMILES string of the molecule is Cc1cc2c(OB=O)c3sc(C)cc3c(OB=O)c2s1. The molecule has 20 heavy (non-hydrogen) atoms. The second kappa shape index (κ2) is 5.10. The van der Waals surface area contributed by atoms with Crippen molar-refractivity contribution in [3.63, 3.8) is 0 Å². The van der Waals surface area contributed by atoms with Gasteiger partial charge in [0.25, 0.3) is 0 Å². The van der Waals surface area contributed by atoms with E-state index in [-0.39, 0.29) is 0 Å². The molecule has 0 atom stereocenters. The Labute approximate surface area is 123 Å². The van der Waals surface area contributed by atoms with Gasteiger partial charge in [-0.15, -0.1) is 0 Å². The zero-order valence-electron chi connectivity index (χ0n) is 10.8. The average molecular weight is 302 g/mol. The summed E-state index contributed by atoms with van der Waals surface area (Å²) in [4.78, 5) is 2.11. The number of hydrogen-bond donors (Lipinski definition) is 0. The molecule has 2 aromatic heterocycles. The van der Waals surface area contributed by atoms with E-state index in [0.29, 0.717) is 26.2 Å². The van der Waals surface area contributed by atoms with Gasteiger partial charge in [-0.3, -0.25) is 0 Å². The van der Waals surface area contributed by atoms with Gasteiger partial charge in [0.05, 0.1) is 0 Å². The normalized spacial score (nSPS) is 10.5. The molecular formula is C12H8B2O4S2. The van der Waals surface area contributed by atoms with Crippen molar-refractivity contribution in [2.24, 2.45) is 0 Å². The Kier molecular flexibility index (Phi) is 3.43. The molecule has 0 amide bonds. The van der Waals surface area contributed by atoms with Crippen LogP contribution in [0.3, 0.4) is 0 Å². The van der Waals surface area contributed by atoms with Crippen molar-refractivity contribution in [1.82, 2.24) is 0 Å². The molecule has 0 unspecified atom stereocenters. The zero-order chi connectivity index (χ0) is 14.3. The predicted molar refractivity (Wildman–Crippen MR) is 80.8 cm³/mol. The molecule has 1 aromatic carbocycles. The minimum atomic E-state index is 0.427. The molecular weight excluding hydrogens is 294 g/mol. The van der Waals surface area contributed by atoms with E-state index < -0.39 is 0 Å². The molecule has 3 aromatic rings. The van der Waals surface area contributed by atoms with Gasteiger partial charge in [0, 0.05) is 0 Å². The van der Waals surface area contributed by atoms with E-state index in [1.807, 2.05) is 26.0 Å². The first-order valence-electron chi connectivity index (χ1n) is 5.82. The first kappa shape index (κ1) is 13.5. The molecule has 0 aliphatic rings. The molecule has 0 aliphatic heterocycles. The van der Waals surface area contributed by atoms with Crippen LogP contribution in [0.25, 0.3) is 20.2 Å². The number of aryl methyl sites for hydroxylation is 2. The van der Waals surface area contributed by atoms with Crippen LogP contribution in [0.2, 0.25) is 0 Å². The fourth-order valence-electron chi connectivity index (χ4n) is 2.28. The molecule has 0 fully saturated rings. The summed E-state index contributed by atoms with van der Waals surface area (Å²) in [7, 11) is 0.854. The first-order chi connectivity index (χ1) is 9.65. The number of thiophene rings is 2. The Morgan fingerprint density at radius 3 is 1.60 bits per heavy atom. The molecule has 0 bridgehead atoms. The first-order valence-corrected chi connectivity index (χ1v) is 7.46. The van der Waals surface area contributed by atoms with Gasteiger partial charge in [0.1, 0.15) is 0 Å². The number of hydrogen-bond acceptors (Lipinski definition) is 6. The molecule has 0 spiro atoms. The second-order valence-electron chi connectivity index (χ2n) is 4.29. The Morgan fingerprint density at radius 2 is 1.25 bits per heavy atom. The summed E-state index contributed by atoms with van der Waals surface area (Å²) < 4.78 is 33.6. The third-order valence-corrected chi connectivity index (χ3v) is 5.04. The van der Waals surface area contributed by atoms with Crippen molar-refractivity contribution in [3.8, 4) is 11.5 Å². The molecule has 0 saturated heterocycles. The molecule has 0 saturated carbocycles. The van der Waals surface area contributed by atoms with Gasteiger partial charge in [0.2, 0.25) is 0 Å². The second-order valence-corrected chi connectivity index (χ2v) is 6.80. The Bertz CT molecular complexity index is 714. The summed E-state index contributed by atoms with van der Waals surface area (Å²) in [6.45, 7) is 3.92. The molecule has 8 heteroatoms. The standard InChI is InChI=1S/C12H8B2O4S2/c1-5-3-7-9(17-13-15)12-8(4-6(2)20-12)10(18-14-16)11(7)19-5/h3-4H,1-2H3. The van der Waals surface area contributed by atoms with Crippen LogP contribution in [0.4, 0.5) is 0 Å². The quantitative estimate of drug-likeness (QED) is 0.693. The van der Waals surface area contributed by atoms with E-state index in [1.165, 1.54) is 22.7 Å². The van der Waals surface area contributed by atoms with E-state index >= 15 is 0 Å². The molecule has 0 aliphatic carbocycles. The summed E-state index contributed by atoms with van der Waals surface area (Å²) in [6.07, 6.45) is 0. The van der Waals surface area contributed by atoms with Gasteiger partial charge in [-0.2, -0.15) is 0 Å². The van der Waals surface area contributed by atoms with Crippen LogP contribution in [0, 0.1) is 13.8 Å². The molecule has 3 rings (SSSR count). The molecule has 0 N–H and O–H groups in total. The van der Waals surface area contributed by atoms with Crippen LogP contribution >= 0.6 is 22.7 Å². The van der Waals surface area contributed by atoms with E-state index in [0.717, 1.165) is 29.9 Å². The topological polar surface area (TPSA) is 52.6 Å². The third kappa shape index (κ3) is 1.99. The van der Waals surface area contributed by atoms with Crippen molar-refractivity contribution < 1.29 is 18.7 Å². The van der Waals surface area contributed by atoms with Crippen LogP contribution < -0.4 is 9.31 Å². The van der Waals surface area contributed by atoms with E-state index in [1.54, 1.807) is 0 Å².